The van der Waals surface area contributed by atoms with Crippen LogP contribution in [-0.4, -0.2) is 62.7 Å². The molecule has 1 saturated heterocycles. The maximum absolute atomic E-state index is 13.3. The van der Waals surface area contributed by atoms with E-state index in [-0.39, 0.29) is 17.9 Å². The quantitative estimate of drug-likeness (QED) is 0.846. The van der Waals surface area contributed by atoms with E-state index < -0.39 is 0 Å². The minimum absolute atomic E-state index is 0.123. The van der Waals surface area contributed by atoms with Crippen LogP contribution < -0.4 is 0 Å². The van der Waals surface area contributed by atoms with Crippen molar-refractivity contribution in [2.24, 2.45) is 0 Å². The molecule has 4 rings (SSSR count). The predicted molar refractivity (Wildman–Crippen MR) is 103 cm³/mol. The second kappa shape index (κ2) is 6.65. The number of amides is 1. The second-order valence-electron chi connectivity index (χ2n) is 8.23. The summed E-state index contributed by atoms with van der Waals surface area (Å²) in [5.74, 6) is 0.395. The fourth-order valence-corrected chi connectivity index (χ4v) is 3.79. The molecule has 2 aromatic heterocycles. The minimum Gasteiger partial charge on any atom is -0.336 e. The molecule has 1 aliphatic carbocycles. The number of carbonyl (C=O) groups is 1. The third-order valence-electron chi connectivity index (χ3n) is 5.56. The lowest BCUT2D eigenvalue weighted by Crippen LogP contribution is -2.49. The maximum Gasteiger partial charge on any atom is 0.254 e. The molecular formula is C20H29N5O. The highest BCUT2D eigenvalue weighted by atomic mass is 16.2. The fourth-order valence-electron chi connectivity index (χ4n) is 3.79. The Balaban J connectivity index is 1.67. The lowest BCUT2D eigenvalue weighted by Gasteiger charge is -2.35. The normalized spacial score (nSPS) is 19.1. The van der Waals surface area contributed by atoms with Crippen molar-refractivity contribution in [3.8, 4) is 0 Å². The molecule has 6 nitrogen and oxygen atoms in total. The van der Waals surface area contributed by atoms with Crippen LogP contribution in [0.2, 0.25) is 0 Å². The van der Waals surface area contributed by atoms with Crippen LogP contribution in [0.25, 0.3) is 11.0 Å². The van der Waals surface area contributed by atoms with Crippen molar-refractivity contribution in [3.05, 3.63) is 23.5 Å². The Hall–Kier alpha value is -1.95. The van der Waals surface area contributed by atoms with Crippen LogP contribution in [0.5, 0.6) is 0 Å². The van der Waals surface area contributed by atoms with Crippen LogP contribution in [-0.2, 0) is 0 Å². The van der Waals surface area contributed by atoms with Crippen molar-refractivity contribution in [1.82, 2.24) is 24.6 Å². The number of hydrogen-bond donors (Lipinski definition) is 0. The zero-order chi connectivity index (χ0) is 18.4. The fraction of sp³-hybridized carbons (Fsp3) is 0.650. The summed E-state index contributed by atoms with van der Waals surface area (Å²) in [5.41, 5.74) is 2.54. The summed E-state index contributed by atoms with van der Waals surface area (Å²) in [6.45, 7) is 12.0. The van der Waals surface area contributed by atoms with E-state index in [1.165, 1.54) is 12.8 Å². The zero-order valence-electron chi connectivity index (χ0n) is 16.3. The second-order valence-corrected chi connectivity index (χ2v) is 8.23. The Kier molecular flexibility index (Phi) is 4.47. The number of aromatic nitrogens is 3. The highest BCUT2D eigenvalue weighted by Gasteiger charge is 2.33. The summed E-state index contributed by atoms with van der Waals surface area (Å²) in [6.07, 6.45) is 4.45. The Bertz CT molecular complexity index is 813. The van der Waals surface area contributed by atoms with E-state index in [0.717, 1.165) is 54.5 Å². The largest absolute Gasteiger partial charge is 0.336 e. The summed E-state index contributed by atoms with van der Waals surface area (Å²) in [4.78, 5) is 22.6. The number of fused-ring (bicyclic) bond motifs is 1. The highest BCUT2D eigenvalue weighted by molar-refractivity contribution is 6.05. The lowest BCUT2D eigenvalue weighted by atomic mass is 10.0. The van der Waals surface area contributed by atoms with E-state index in [9.17, 15) is 4.79 Å². The van der Waals surface area contributed by atoms with Crippen molar-refractivity contribution in [1.29, 1.82) is 0 Å². The molecule has 1 saturated carbocycles. The number of nitrogens with zero attached hydrogens (tertiary/aromatic N) is 5. The van der Waals surface area contributed by atoms with E-state index >= 15 is 0 Å². The number of piperazine rings is 1. The summed E-state index contributed by atoms with van der Waals surface area (Å²) in [7, 11) is 0. The molecule has 6 heteroatoms. The van der Waals surface area contributed by atoms with Crippen LogP contribution in [0.4, 0.5) is 0 Å². The van der Waals surface area contributed by atoms with Gasteiger partial charge in [0, 0.05) is 44.0 Å². The van der Waals surface area contributed by atoms with Gasteiger partial charge < -0.3 is 4.90 Å². The zero-order valence-corrected chi connectivity index (χ0v) is 16.3. The molecule has 0 aromatic carbocycles. The van der Waals surface area contributed by atoms with Crippen molar-refractivity contribution < 1.29 is 4.79 Å². The van der Waals surface area contributed by atoms with Gasteiger partial charge in [-0.2, -0.15) is 5.10 Å². The van der Waals surface area contributed by atoms with Gasteiger partial charge in [-0.05, 0) is 38.7 Å². The van der Waals surface area contributed by atoms with Crippen molar-refractivity contribution in [2.45, 2.75) is 58.5 Å². The summed E-state index contributed by atoms with van der Waals surface area (Å²) >= 11 is 0. The van der Waals surface area contributed by atoms with Crippen LogP contribution >= 0.6 is 0 Å². The Morgan fingerprint density at radius 3 is 2.38 bits per heavy atom. The molecule has 0 unspecified atom stereocenters. The number of pyridine rings is 1. The number of carbonyl (C=O) groups excluding carboxylic acids is 1. The Labute approximate surface area is 155 Å². The molecule has 26 heavy (non-hydrogen) atoms. The van der Waals surface area contributed by atoms with E-state index in [4.69, 9.17) is 4.98 Å². The SMILES string of the molecule is CC(C)c1cc(C(=O)N2CCN(C3CC3)CC2)c2cnn(C(C)C)c2n1. The third-order valence-corrected chi connectivity index (χ3v) is 5.56. The first-order valence-electron chi connectivity index (χ1n) is 9.87. The molecule has 2 aliphatic rings. The number of hydrogen-bond acceptors (Lipinski definition) is 4. The topological polar surface area (TPSA) is 54.3 Å². The molecule has 2 aromatic rings. The average molecular weight is 355 g/mol. The van der Waals surface area contributed by atoms with E-state index in [2.05, 4.69) is 37.7 Å². The van der Waals surface area contributed by atoms with Gasteiger partial charge in [0.25, 0.3) is 5.91 Å². The third kappa shape index (κ3) is 3.11. The Morgan fingerprint density at radius 2 is 1.81 bits per heavy atom. The summed E-state index contributed by atoms with van der Waals surface area (Å²) in [6, 6.07) is 2.97. The lowest BCUT2D eigenvalue weighted by molar-refractivity contribution is 0.0629. The maximum atomic E-state index is 13.3. The number of rotatable bonds is 4. The monoisotopic (exact) mass is 355 g/mol. The van der Waals surface area contributed by atoms with Gasteiger partial charge in [0.1, 0.15) is 0 Å². The van der Waals surface area contributed by atoms with E-state index in [0.29, 0.717) is 0 Å². The van der Waals surface area contributed by atoms with Crippen molar-refractivity contribution in [2.75, 3.05) is 26.2 Å². The molecule has 0 spiro atoms. The predicted octanol–water partition coefficient (Wildman–Crippen LogP) is 3.06. The van der Waals surface area contributed by atoms with Crippen LogP contribution in [0.3, 0.4) is 0 Å². The molecule has 2 fully saturated rings. The molecule has 1 aliphatic heterocycles. The van der Waals surface area contributed by atoms with Crippen molar-refractivity contribution >= 4 is 16.9 Å². The van der Waals surface area contributed by atoms with E-state index in [1.807, 2.05) is 15.6 Å². The smallest absolute Gasteiger partial charge is 0.254 e. The first-order chi connectivity index (χ1) is 12.5. The van der Waals surface area contributed by atoms with Gasteiger partial charge in [0.2, 0.25) is 0 Å². The molecule has 3 heterocycles. The minimum atomic E-state index is 0.123. The van der Waals surface area contributed by atoms with Gasteiger partial charge in [0.05, 0.1) is 17.1 Å². The average Bonchev–Trinajstić information content (AvgIpc) is 3.38. The first-order valence-corrected chi connectivity index (χ1v) is 9.87. The molecule has 0 atom stereocenters. The molecule has 0 N–H and O–H groups in total. The molecule has 140 valence electrons. The van der Waals surface area contributed by atoms with Crippen LogP contribution in [0, 0.1) is 0 Å². The van der Waals surface area contributed by atoms with Crippen LogP contribution in [0.1, 0.15) is 68.5 Å². The molecular weight excluding hydrogens is 326 g/mol. The summed E-state index contributed by atoms with van der Waals surface area (Å²) in [5, 5.41) is 5.38. The Morgan fingerprint density at radius 1 is 1.12 bits per heavy atom. The van der Waals surface area contributed by atoms with Gasteiger partial charge in [-0.15, -0.1) is 0 Å². The van der Waals surface area contributed by atoms with Gasteiger partial charge in [-0.25, -0.2) is 9.67 Å². The van der Waals surface area contributed by atoms with Gasteiger partial charge >= 0.3 is 0 Å². The molecule has 1 amide bonds. The standard InChI is InChI=1S/C20H29N5O/c1-13(2)18-11-16(17-12-21-25(14(3)4)19(17)22-18)20(26)24-9-7-23(8-10-24)15-5-6-15/h11-15H,5-10H2,1-4H3. The van der Waals surface area contributed by atoms with Gasteiger partial charge in [-0.3, -0.25) is 9.69 Å². The van der Waals surface area contributed by atoms with Crippen LogP contribution in [0.15, 0.2) is 12.3 Å². The van der Waals surface area contributed by atoms with Gasteiger partial charge in [-0.1, -0.05) is 13.8 Å². The van der Waals surface area contributed by atoms with E-state index in [1.54, 1.807) is 6.20 Å². The highest BCUT2D eigenvalue weighted by Crippen LogP contribution is 2.29. The molecule has 0 radical (unpaired) electrons. The van der Waals surface area contributed by atoms with Crippen molar-refractivity contribution in [3.63, 3.8) is 0 Å². The summed E-state index contributed by atoms with van der Waals surface area (Å²) < 4.78 is 1.92. The first kappa shape index (κ1) is 17.5. The molecule has 0 bridgehead atoms. The van der Waals surface area contributed by atoms with Gasteiger partial charge in [0.15, 0.2) is 5.65 Å².